The maximum absolute atomic E-state index is 12.9. The second kappa shape index (κ2) is 4.87. The SMILES string of the molecule is C[Si](C)(C)Oc1ccc(O)c(C(F)(F)F)c1C(F)(F)F. The molecule has 20 heavy (non-hydrogen) atoms. The molecule has 9 heteroatoms. The molecule has 0 saturated carbocycles. The van der Waals surface area contributed by atoms with E-state index >= 15 is 0 Å². The Balaban J connectivity index is 3.64. The van der Waals surface area contributed by atoms with Gasteiger partial charge in [0.05, 0.1) is 0 Å². The zero-order chi connectivity index (χ0) is 15.9. The summed E-state index contributed by atoms with van der Waals surface area (Å²) in [6.07, 6.45) is -10.6. The fourth-order valence-electron chi connectivity index (χ4n) is 1.56. The lowest BCUT2D eigenvalue weighted by atomic mass is 10.0. The van der Waals surface area contributed by atoms with Gasteiger partial charge in [-0.1, -0.05) is 0 Å². The Labute approximate surface area is 112 Å². The molecule has 0 bridgehead atoms. The van der Waals surface area contributed by atoms with Crippen molar-refractivity contribution in [3.8, 4) is 11.5 Å². The molecular weight excluding hydrogens is 306 g/mol. The molecule has 0 amide bonds. The molecule has 0 aliphatic rings. The number of aromatic hydroxyl groups is 1. The van der Waals surface area contributed by atoms with E-state index < -0.39 is 43.3 Å². The molecule has 0 aliphatic carbocycles. The topological polar surface area (TPSA) is 29.5 Å². The largest absolute Gasteiger partial charge is 0.544 e. The van der Waals surface area contributed by atoms with Gasteiger partial charge in [-0.25, -0.2) is 0 Å². The number of hydrogen-bond donors (Lipinski definition) is 1. The van der Waals surface area contributed by atoms with Gasteiger partial charge in [-0.15, -0.1) is 0 Å². The van der Waals surface area contributed by atoms with E-state index in [1.54, 1.807) is 0 Å². The van der Waals surface area contributed by atoms with Crippen molar-refractivity contribution >= 4 is 8.32 Å². The van der Waals surface area contributed by atoms with Gasteiger partial charge < -0.3 is 9.53 Å². The summed E-state index contributed by atoms with van der Waals surface area (Å²) in [5.41, 5.74) is -4.12. The van der Waals surface area contributed by atoms with Gasteiger partial charge in [0.25, 0.3) is 0 Å². The molecule has 1 aromatic rings. The molecule has 0 radical (unpaired) electrons. The summed E-state index contributed by atoms with van der Waals surface area (Å²) in [4.78, 5) is 0. The maximum atomic E-state index is 12.9. The van der Waals surface area contributed by atoms with Crippen molar-refractivity contribution in [2.24, 2.45) is 0 Å². The van der Waals surface area contributed by atoms with Crippen molar-refractivity contribution in [1.29, 1.82) is 0 Å². The summed E-state index contributed by atoms with van der Waals surface area (Å²) in [7, 11) is -2.56. The van der Waals surface area contributed by atoms with Crippen LogP contribution in [0.15, 0.2) is 12.1 Å². The highest BCUT2D eigenvalue weighted by Gasteiger charge is 2.48. The van der Waals surface area contributed by atoms with Gasteiger partial charge in [-0.3, -0.25) is 0 Å². The molecule has 0 aliphatic heterocycles. The van der Waals surface area contributed by atoms with Gasteiger partial charge in [-0.05, 0) is 31.8 Å². The van der Waals surface area contributed by atoms with Crippen molar-refractivity contribution in [2.45, 2.75) is 32.0 Å². The van der Waals surface area contributed by atoms with Crippen LogP contribution in [0.3, 0.4) is 0 Å². The van der Waals surface area contributed by atoms with Crippen LogP contribution in [0.1, 0.15) is 11.1 Å². The number of phenols is 1. The van der Waals surface area contributed by atoms with Crippen molar-refractivity contribution < 1.29 is 35.9 Å². The lowest BCUT2D eigenvalue weighted by Crippen LogP contribution is -2.31. The van der Waals surface area contributed by atoms with E-state index in [1.807, 2.05) is 0 Å². The second-order valence-electron chi connectivity index (χ2n) is 5.04. The summed E-state index contributed by atoms with van der Waals surface area (Å²) in [6.45, 7) is 4.60. The number of hydrogen-bond acceptors (Lipinski definition) is 2. The lowest BCUT2D eigenvalue weighted by Gasteiger charge is -2.25. The van der Waals surface area contributed by atoms with Gasteiger partial charge >= 0.3 is 12.4 Å². The van der Waals surface area contributed by atoms with E-state index in [-0.39, 0.29) is 0 Å². The molecule has 0 aromatic heterocycles. The van der Waals surface area contributed by atoms with Gasteiger partial charge in [0, 0.05) is 0 Å². The summed E-state index contributed by atoms with van der Waals surface area (Å²) >= 11 is 0. The zero-order valence-electron chi connectivity index (χ0n) is 10.8. The fourth-order valence-corrected chi connectivity index (χ4v) is 2.39. The molecule has 1 aromatic carbocycles. The number of phenolic OH excluding ortho intramolecular Hbond substituents is 1. The van der Waals surface area contributed by atoms with Gasteiger partial charge in [-0.2, -0.15) is 26.3 Å². The van der Waals surface area contributed by atoms with Crippen LogP contribution in [0.4, 0.5) is 26.3 Å². The van der Waals surface area contributed by atoms with Gasteiger partial charge in [0.2, 0.25) is 8.32 Å². The highest BCUT2D eigenvalue weighted by Crippen LogP contribution is 2.48. The van der Waals surface area contributed by atoms with Crippen molar-refractivity contribution in [1.82, 2.24) is 0 Å². The number of benzene rings is 1. The molecule has 1 N–H and O–H groups in total. The van der Waals surface area contributed by atoms with Crippen LogP contribution in [0.2, 0.25) is 19.6 Å². The fraction of sp³-hybridized carbons (Fsp3) is 0.455. The molecular formula is C11H12F6O2Si. The Bertz CT molecular complexity index is 501. The van der Waals surface area contributed by atoms with Gasteiger partial charge in [0.15, 0.2) is 0 Å². The first-order valence-electron chi connectivity index (χ1n) is 5.43. The summed E-state index contributed by atoms with van der Waals surface area (Å²) in [6, 6.07) is 1.25. The lowest BCUT2D eigenvalue weighted by molar-refractivity contribution is -0.163. The Morgan fingerprint density at radius 3 is 1.70 bits per heavy atom. The molecule has 0 atom stereocenters. The first-order valence-corrected chi connectivity index (χ1v) is 8.83. The molecule has 2 nitrogen and oxygen atoms in total. The quantitative estimate of drug-likeness (QED) is 0.635. The third kappa shape index (κ3) is 3.81. The summed E-state index contributed by atoms with van der Waals surface area (Å²) in [5, 5.41) is 9.15. The van der Waals surface area contributed by atoms with E-state index in [2.05, 4.69) is 0 Å². The smallest absolute Gasteiger partial charge is 0.420 e. The maximum Gasteiger partial charge on any atom is 0.420 e. The average molecular weight is 318 g/mol. The summed E-state index contributed by atoms with van der Waals surface area (Å²) in [5.74, 6) is -2.39. The molecule has 1 rings (SSSR count). The Morgan fingerprint density at radius 2 is 1.35 bits per heavy atom. The van der Waals surface area contributed by atoms with Crippen LogP contribution in [0.25, 0.3) is 0 Å². The molecule has 0 saturated heterocycles. The van der Waals surface area contributed by atoms with Gasteiger partial charge in [0.1, 0.15) is 22.6 Å². The third-order valence-electron chi connectivity index (χ3n) is 2.13. The Hall–Kier alpha value is -1.38. The van der Waals surface area contributed by atoms with Crippen LogP contribution >= 0.6 is 0 Å². The first kappa shape index (κ1) is 16.7. The van der Waals surface area contributed by atoms with Crippen LogP contribution in [-0.2, 0) is 12.4 Å². The molecule has 0 fully saturated rings. The van der Waals surface area contributed by atoms with E-state index in [0.29, 0.717) is 12.1 Å². The van der Waals surface area contributed by atoms with Crippen molar-refractivity contribution in [3.05, 3.63) is 23.3 Å². The van der Waals surface area contributed by atoms with Crippen molar-refractivity contribution in [3.63, 3.8) is 0 Å². The van der Waals surface area contributed by atoms with E-state index in [1.165, 1.54) is 19.6 Å². The number of rotatable bonds is 2. The monoisotopic (exact) mass is 318 g/mol. The van der Waals surface area contributed by atoms with Crippen LogP contribution in [0, 0.1) is 0 Å². The number of alkyl halides is 6. The molecule has 0 unspecified atom stereocenters. The second-order valence-corrected chi connectivity index (χ2v) is 9.47. The standard InChI is InChI=1S/C11H12F6O2Si/c1-20(2,3)19-7-5-4-6(18)8(10(12,13)14)9(7)11(15,16)17/h4-5,18H,1-3H3. The normalized spacial score (nSPS) is 13.4. The Morgan fingerprint density at radius 1 is 0.900 bits per heavy atom. The van der Waals surface area contributed by atoms with Crippen molar-refractivity contribution in [2.75, 3.05) is 0 Å². The van der Waals surface area contributed by atoms with Crippen LogP contribution in [0.5, 0.6) is 11.5 Å². The first-order chi connectivity index (χ1) is 8.73. The van der Waals surface area contributed by atoms with E-state index in [4.69, 9.17) is 9.53 Å². The molecule has 0 spiro atoms. The minimum atomic E-state index is -5.34. The third-order valence-corrected chi connectivity index (χ3v) is 2.96. The summed E-state index contributed by atoms with van der Waals surface area (Å²) < 4.78 is 82.1. The molecule has 0 heterocycles. The number of halogens is 6. The Kier molecular flexibility index (Phi) is 4.06. The van der Waals surface area contributed by atoms with E-state index in [0.717, 1.165) is 0 Å². The van der Waals surface area contributed by atoms with Crippen LogP contribution in [-0.4, -0.2) is 13.4 Å². The average Bonchev–Trinajstić information content (AvgIpc) is 2.14. The molecule has 114 valence electrons. The highest BCUT2D eigenvalue weighted by atomic mass is 28.4. The highest BCUT2D eigenvalue weighted by molar-refractivity contribution is 6.70. The predicted octanol–water partition coefficient (Wildman–Crippen LogP) is 4.64. The predicted molar refractivity (Wildman–Crippen MR) is 62.1 cm³/mol. The zero-order valence-corrected chi connectivity index (χ0v) is 11.8. The minimum absolute atomic E-state index is 0.549. The minimum Gasteiger partial charge on any atom is -0.544 e. The van der Waals surface area contributed by atoms with E-state index in [9.17, 15) is 26.3 Å². The van der Waals surface area contributed by atoms with Crippen LogP contribution < -0.4 is 4.43 Å².